The molecule has 1 aliphatic heterocycles. The van der Waals surface area contributed by atoms with Crippen LogP contribution in [-0.2, 0) is 0 Å². The summed E-state index contributed by atoms with van der Waals surface area (Å²) in [5, 5.41) is 8.92. The molecule has 0 radical (unpaired) electrons. The van der Waals surface area contributed by atoms with E-state index in [-0.39, 0.29) is 24.8 Å². The standard InChI is InChI=1S/C14H22N2OS.2ClH/c17-12-10-15-6-8-16(9-7-15)11-13-18-14-4-2-1-3-5-14;;/h1-5,17H,6-13H2;2*1H. The second-order valence-electron chi connectivity index (χ2n) is 4.89. The molecule has 0 spiro atoms. The zero-order valence-corrected chi connectivity index (χ0v) is 14.0. The van der Waals surface area contributed by atoms with Crippen molar-refractivity contribution >= 4 is 11.8 Å². The molecule has 3 N–H and O–H groups in total. The first-order chi connectivity index (χ1) is 8.88. The summed E-state index contributed by atoms with van der Waals surface area (Å²) in [4.78, 5) is 4.67. The lowest BCUT2D eigenvalue weighted by molar-refractivity contribution is -1.01. The van der Waals surface area contributed by atoms with Gasteiger partial charge in [-0.15, -0.1) is 11.8 Å². The molecule has 116 valence electrons. The van der Waals surface area contributed by atoms with Crippen LogP contribution < -0.4 is 34.6 Å². The average Bonchev–Trinajstić information content (AvgIpc) is 2.42. The zero-order valence-electron chi connectivity index (χ0n) is 11.7. The number of benzene rings is 1. The number of aliphatic hydroxyl groups is 1. The molecule has 0 unspecified atom stereocenters. The SMILES string of the molecule is OCC[NH+]1CC[NH+](CCSc2ccccc2)CC1.[Cl-].[Cl-]. The molecule has 1 heterocycles. The minimum atomic E-state index is 0. The number of rotatable bonds is 6. The summed E-state index contributed by atoms with van der Waals surface area (Å²) in [7, 11) is 0. The molecule has 1 saturated heterocycles. The zero-order chi connectivity index (χ0) is 12.6. The minimum Gasteiger partial charge on any atom is -1.00 e. The van der Waals surface area contributed by atoms with Gasteiger partial charge >= 0.3 is 0 Å². The molecule has 0 atom stereocenters. The summed E-state index contributed by atoms with van der Waals surface area (Å²) in [5.41, 5.74) is 0. The highest BCUT2D eigenvalue weighted by molar-refractivity contribution is 7.99. The lowest BCUT2D eigenvalue weighted by Gasteiger charge is -2.29. The van der Waals surface area contributed by atoms with Crippen LogP contribution in [0.4, 0.5) is 0 Å². The summed E-state index contributed by atoms with van der Waals surface area (Å²) in [6, 6.07) is 10.6. The molecule has 1 fully saturated rings. The van der Waals surface area contributed by atoms with Gasteiger partial charge in [-0.25, -0.2) is 0 Å². The van der Waals surface area contributed by atoms with Crippen LogP contribution in [0, 0.1) is 0 Å². The second kappa shape index (κ2) is 11.7. The fourth-order valence-corrected chi connectivity index (χ4v) is 3.42. The molecule has 0 aromatic heterocycles. The Labute approximate surface area is 138 Å². The normalized spacial score (nSPS) is 21.6. The van der Waals surface area contributed by atoms with E-state index in [9.17, 15) is 0 Å². The third-order valence-corrected chi connectivity index (χ3v) is 4.61. The van der Waals surface area contributed by atoms with Crippen LogP contribution in [0.15, 0.2) is 35.2 Å². The topological polar surface area (TPSA) is 29.1 Å². The van der Waals surface area contributed by atoms with Gasteiger partial charge in [0.1, 0.15) is 32.7 Å². The van der Waals surface area contributed by atoms with Gasteiger partial charge in [0.2, 0.25) is 0 Å². The van der Waals surface area contributed by atoms with Crippen LogP contribution in [0.5, 0.6) is 0 Å². The molecular weight excluding hydrogens is 315 g/mol. The highest BCUT2D eigenvalue weighted by atomic mass is 35.5. The Morgan fingerprint density at radius 1 is 0.900 bits per heavy atom. The molecule has 6 heteroatoms. The maximum Gasteiger partial charge on any atom is 0.127 e. The minimum absolute atomic E-state index is 0. The fraction of sp³-hybridized carbons (Fsp3) is 0.571. The van der Waals surface area contributed by atoms with Crippen molar-refractivity contribution in [2.24, 2.45) is 0 Å². The van der Waals surface area contributed by atoms with Crippen LogP contribution in [0.25, 0.3) is 0 Å². The van der Waals surface area contributed by atoms with E-state index >= 15 is 0 Å². The number of aliphatic hydroxyl groups excluding tert-OH is 1. The van der Waals surface area contributed by atoms with Gasteiger partial charge in [-0.2, -0.15) is 0 Å². The average molecular weight is 339 g/mol. The first-order valence-corrected chi connectivity index (χ1v) is 7.83. The molecule has 20 heavy (non-hydrogen) atoms. The summed E-state index contributed by atoms with van der Waals surface area (Å²) in [6.45, 7) is 7.44. The lowest BCUT2D eigenvalue weighted by atomic mass is 10.3. The second-order valence-corrected chi connectivity index (χ2v) is 6.05. The molecule has 1 aliphatic rings. The Kier molecular flexibility index (Phi) is 11.7. The highest BCUT2D eigenvalue weighted by Gasteiger charge is 2.21. The van der Waals surface area contributed by atoms with E-state index in [1.54, 1.807) is 9.80 Å². The number of piperazine rings is 1. The summed E-state index contributed by atoms with van der Waals surface area (Å²) >= 11 is 1.96. The molecule has 1 aromatic carbocycles. The predicted octanol–water partition coefficient (Wildman–Crippen LogP) is -7.44. The van der Waals surface area contributed by atoms with Gasteiger partial charge in [-0.05, 0) is 12.1 Å². The Bertz CT molecular complexity index is 335. The van der Waals surface area contributed by atoms with Crippen LogP contribution in [0.3, 0.4) is 0 Å². The third kappa shape index (κ3) is 7.16. The monoisotopic (exact) mass is 338 g/mol. The van der Waals surface area contributed by atoms with Gasteiger partial charge in [0.15, 0.2) is 0 Å². The van der Waals surface area contributed by atoms with Gasteiger partial charge in [0.05, 0.1) is 13.2 Å². The molecule has 3 nitrogen and oxygen atoms in total. The van der Waals surface area contributed by atoms with Gasteiger partial charge in [0.25, 0.3) is 0 Å². The molecule has 2 rings (SSSR count). The number of hydrogen-bond donors (Lipinski definition) is 3. The fourth-order valence-electron chi connectivity index (χ4n) is 2.45. The summed E-state index contributed by atoms with van der Waals surface area (Å²) in [5.74, 6) is 1.20. The molecule has 0 amide bonds. The number of nitrogens with one attached hydrogen (secondary N) is 2. The predicted molar refractivity (Wildman–Crippen MR) is 75.4 cm³/mol. The van der Waals surface area contributed by atoms with Crippen LogP contribution in [0.2, 0.25) is 0 Å². The summed E-state index contributed by atoms with van der Waals surface area (Å²) < 4.78 is 0. The molecule has 1 aromatic rings. The number of hydrogen-bond acceptors (Lipinski definition) is 2. The molecule has 0 saturated carbocycles. The van der Waals surface area contributed by atoms with Crippen molar-refractivity contribution in [1.82, 2.24) is 0 Å². The van der Waals surface area contributed by atoms with Crippen LogP contribution in [0.1, 0.15) is 0 Å². The maximum absolute atomic E-state index is 8.92. The number of halogens is 2. The van der Waals surface area contributed by atoms with Gasteiger partial charge < -0.3 is 39.7 Å². The Balaban J connectivity index is 0.00000180. The molecular formula is C14H24Cl2N2OS. The van der Waals surface area contributed by atoms with Gasteiger partial charge in [-0.1, -0.05) is 18.2 Å². The van der Waals surface area contributed by atoms with Crippen molar-refractivity contribution in [2.45, 2.75) is 4.90 Å². The highest BCUT2D eigenvalue weighted by Crippen LogP contribution is 2.15. The van der Waals surface area contributed by atoms with Gasteiger partial charge in [0, 0.05) is 10.6 Å². The first-order valence-electron chi connectivity index (χ1n) is 6.84. The van der Waals surface area contributed by atoms with Crippen molar-refractivity contribution in [3.8, 4) is 0 Å². The smallest absolute Gasteiger partial charge is 0.127 e. The van der Waals surface area contributed by atoms with E-state index in [1.165, 1.54) is 43.4 Å². The van der Waals surface area contributed by atoms with Crippen LogP contribution in [-0.4, -0.2) is 56.7 Å². The number of quaternary nitrogens is 2. The van der Waals surface area contributed by atoms with E-state index in [0.717, 1.165) is 6.54 Å². The van der Waals surface area contributed by atoms with Crippen molar-refractivity contribution < 1.29 is 39.7 Å². The number of thioether (sulfide) groups is 1. The quantitative estimate of drug-likeness (QED) is 0.450. The first kappa shape index (κ1) is 20.0. The van der Waals surface area contributed by atoms with E-state index in [1.807, 2.05) is 11.8 Å². The largest absolute Gasteiger partial charge is 1.00 e. The van der Waals surface area contributed by atoms with E-state index in [4.69, 9.17) is 5.11 Å². The Morgan fingerprint density at radius 2 is 1.45 bits per heavy atom. The van der Waals surface area contributed by atoms with E-state index in [2.05, 4.69) is 30.3 Å². The van der Waals surface area contributed by atoms with Crippen LogP contribution >= 0.6 is 11.8 Å². The summed E-state index contributed by atoms with van der Waals surface area (Å²) in [6.07, 6.45) is 0. The maximum atomic E-state index is 8.92. The van der Waals surface area contributed by atoms with Crippen molar-refractivity contribution in [3.63, 3.8) is 0 Å². The van der Waals surface area contributed by atoms with E-state index in [0.29, 0.717) is 6.61 Å². The van der Waals surface area contributed by atoms with Crippen molar-refractivity contribution in [2.75, 3.05) is 51.6 Å². The Hall–Kier alpha value is 0.0300. The molecule has 0 aliphatic carbocycles. The van der Waals surface area contributed by atoms with Crippen molar-refractivity contribution in [3.05, 3.63) is 30.3 Å². The Morgan fingerprint density at radius 3 is 2.00 bits per heavy atom. The third-order valence-electron chi connectivity index (χ3n) is 3.60. The van der Waals surface area contributed by atoms with Crippen molar-refractivity contribution in [1.29, 1.82) is 0 Å². The van der Waals surface area contributed by atoms with E-state index < -0.39 is 0 Å². The molecule has 0 bridgehead atoms. The van der Waals surface area contributed by atoms with Gasteiger partial charge in [-0.3, -0.25) is 0 Å². The lowest BCUT2D eigenvalue weighted by Crippen LogP contribution is -3.28.